The minimum atomic E-state index is -0.686. The zero-order valence-electron chi connectivity index (χ0n) is 23.8. The van der Waals surface area contributed by atoms with Gasteiger partial charge >= 0.3 is 5.97 Å². The van der Waals surface area contributed by atoms with Crippen molar-refractivity contribution in [2.45, 2.75) is 62.0 Å². The van der Waals surface area contributed by atoms with Gasteiger partial charge in [-0.3, -0.25) is 14.4 Å². The Morgan fingerprint density at radius 3 is 2.45 bits per heavy atom. The van der Waals surface area contributed by atoms with Gasteiger partial charge in [0.1, 0.15) is 12.6 Å². The lowest BCUT2D eigenvalue weighted by molar-refractivity contribution is -0.153. The molecule has 1 N–H and O–H groups in total. The number of thioether (sulfide) groups is 1. The number of carbonyl (C=O) groups is 3. The molecule has 8 nitrogen and oxygen atoms in total. The van der Waals surface area contributed by atoms with Gasteiger partial charge in [0.05, 0.1) is 16.6 Å². The molecule has 0 radical (unpaired) electrons. The maximum absolute atomic E-state index is 14.6. The van der Waals surface area contributed by atoms with Gasteiger partial charge in [-0.15, -0.1) is 18.3 Å². The smallest absolute Gasteiger partial charge is 0.311 e. The summed E-state index contributed by atoms with van der Waals surface area (Å²) in [6.07, 6.45) is 6.79. The number of anilines is 2. The molecule has 3 heterocycles. The fourth-order valence-corrected chi connectivity index (χ4v) is 8.98. The van der Waals surface area contributed by atoms with Crippen LogP contribution in [0, 0.1) is 11.8 Å². The molecule has 3 saturated heterocycles. The number of carbonyl (C=O) groups excluding carboxylic acids is 3. The van der Waals surface area contributed by atoms with Gasteiger partial charge in [0.15, 0.2) is 0 Å². The number of rotatable bonds is 15. The molecular formula is C31H43N3O5S. The first kappa shape index (κ1) is 30.2. The molecule has 2 unspecified atom stereocenters. The topological polar surface area (TPSA) is 90.4 Å². The molecule has 4 rings (SSSR count). The average Bonchev–Trinajstić information content (AvgIpc) is 3.61. The Balaban J connectivity index is 1.69. The van der Waals surface area contributed by atoms with Crippen molar-refractivity contribution < 1.29 is 24.2 Å². The third-order valence-electron chi connectivity index (χ3n) is 8.57. The number of ether oxygens (including phenoxy) is 1. The summed E-state index contributed by atoms with van der Waals surface area (Å²) in [4.78, 5) is 47.5. The Morgan fingerprint density at radius 1 is 1.12 bits per heavy atom. The molecule has 1 aromatic rings. The molecule has 0 saturated carbocycles. The number of aliphatic hydroxyl groups is 1. The monoisotopic (exact) mass is 569 g/mol. The summed E-state index contributed by atoms with van der Waals surface area (Å²) in [6, 6.07) is 7.29. The van der Waals surface area contributed by atoms with Crippen LogP contribution in [-0.2, 0) is 19.1 Å². The van der Waals surface area contributed by atoms with E-state index in [9.17, 15) is 19.5 Å². The number of hydrogen-bond donors (Lipinski definition) is 1. The molecule has 3 aliphatic heterocycles. The normalized spacial score (nSPS) is 26.5. The van der Waals surface area contributed by atoms with Crippen LogP contribution in [-0.4, -0.2) is 83.2 Å². The van der Waals surface area contributed by atoms with Crippen LogP contribution in [0.4, 0.5) is 11.4 Å². The number of likely N-dealkylation sites (tertiary alicyclic amines) is 1. The first-order valence-corrected chi connectivity index (χ1v) is 15.4. The van der Waals surface area contributed by atoms with Crippen LogP contribution in [0.5, 0.6) is 0 Å². The van der Waals surface area contributed by atoms with Gasteiger partial charge in [-0.05, 0) is 70.2 Å². The van der Waals surface area contributed by atoms with Crippen LogP contribution in [0.1, 0.15) is 46.0 Å². The Morgan fingerprint density at radius 2 is 1.82 bits per heavy atom. The highest BCUT2D eigenvalue weighted by molar-refractivity contribution is 8.02. The van der Waals surface area contributed by atoms with Crippen molar-refractivity contribution >= 4 is 40.9 Å². The van der Waals surface area contributed by atoms with Gasteiger partial charge in [-0.2, -0.15) is 0 Å². The summed E-state index contributed by atoms with van der Waals surface area (Å²) in [5, 5.41) is 9.22. The summed E-state index contributed by atoms with van der Waals surface area (Å²) in [6.45, 7) is 14.5. The van der Waals surface area contributed by atoms with E-state index in [4.69, 9.17) is 4.74 Å². The standard InChI is InChI=1S/C31H43N3O5S/c1-5-18-33(23-14-12-22(13-15-23)32(7-3)8-4)29(37)27-31-17-16-24(40-31)25(30(38)39-21-6-2)26(31)28(36)34(27)19-10-9-11-20-35/h5-6,12-15,24-27,35H,1-2,7-11,16-21H2,3-4H3/t24-,25+,26+,27?,31?/m1/s1. The summed E-state index contributed by atoms with van der Waals surface area (Å²) in [7, 11) is 0. The van der Waals surface area contributed by atoms with Crippen LogP contribution in [0.3, 0.4) is 0 Å². The number of hydrogen-bond acceptors (Lipinski definition) is 7. The highest BCUT2D eigenvalue weighted by Gasteiger charge is 2.74. The van der Waals surface area contributed by atoms with Crippen molar-refractivity contribution in [3.8, 4) is 0 Å². The first-order chi connectivity index (χ1) is 19.4. The Hall–Kier alpha value is -2.78. The highest BCUT2D eigenvalue weighted by atomic mass is 32.2. The van der Waals surface area contributed by atoms with Crippen molar-refractivity contribution in [2.24, 2.45) is 11.8 Å². The third kappa shape index (κ3) is 5.42. The molecule has 2 bridgehead atoms. The van der Waals surface area contributed by atoms with Crippen LogP contribution in [0.15, 0.2) is 49.6 Å². The van der Waals surface area contributed by atoms with Gasteiger partial charge in [-0.1, -0.05) is 18.7 Å². The maximum Gasteiger partial charge on any atom is 0.311 e. The SMILES string of the molecule is C=CCOC(=O)[C@@H]1[C@H]2C(=O)N(CCCCCO)C(C(=O)N(CC=C)c3ccc(N(CC)CC)cc3)C23CC[C@H]1S3. The Labute approximate surface area is 242 Å². The van der Waals surface area contributed by atoms with E-state index in [1.165, 1.54) is 6.08 Å². The fraction of sp³-hybridized carbons (Fsp3) is 0.581. The van der Waals surface area contributed by atoms with E-state index in [1.54, 1.807) is 27.6 Å². The molecule has 9 heteroatoms. The summed E-state index contributed by atoms with van der Waals surface area (Å²) < 4.78 is 4.78. The summed E-state index contributed by atoms with van der Waals surface area (Å²) >= 11 is 1.64. The van der Waals surface area contributed by atoms with Crippen LogP contribution in [0.2, 0.25) is 0 Å². The zero-order chi connectivity index (χ0) is 28.9. The van der Waals surface area contributed by atoms with E-state index in [2.05, 4.69) is 31.9 Å². The minimum absolute atomic E-state index is 0.0423. The molecule has 0 aromatic heterocycles. The number of benzene rings is 1. The zero-order valence-corrected chi connectivity index (χ0v) is 24.6. The minimum Gasteiger partial charge on any atom is -0.461 e. The number of nitrogens with zero attached hydrogens (tertiary/aromatic N) is 3. The van der Waals surface area contributed by atoms with Crippen molar-refractivity contribution in [3.05, 3.63) is 49.6 Å². The lowest BCUT2D eigenvalue weighted by atomic mass is 9.71. The van der Waals surface area contributed by atoms with Crippen LogP contribution >= 0.6 is 11.8 Å². The molecule has 1 spiro atoms. The number of aliphatic hydroxyl groups excluding tert-OH is 1. The van der Waals surface area contributed by atoms with Crippen molar-refractivity contribution in [3.63, 3.8) is 0 Å². The predicted molar refractivity (Wildman–Crippen MR) is 160 cm³/mol. The van der Waals surface area contributed by atoms with E-state index in [-0.39, 0.29) is 36.2 Å². The highest BCUT2D eigenvalue weighted by Crippen LogP contribution is 2.66. The Bertz CT molecular complexity index is 1090. The third-order valence-corrected chi connectivity index (χ3v) is 10.5. The van der Waals surface area contributed by atoms with Gasteiger partial charge in [-0.25, -0.2) is 0 Å². The second-order valence-electron chi connectivity index (χ2n) is 10.7. The molecule has 5 atom stereocenters. The summed E-state index contributed by atoms with van der Waals surface area (Å²) in [5.74, 6) is -1.79. The number of amides is 2. The molecule has 3 fully saturated rings. The van der Waals surface area contributed by atoms with E-state index in [0.717, 1.165) is 37.3 Å². The van der Waals surface area contributed by atoms with Crippen molar-refractivity contribution in [1.29, 1.82) is 0 Å². The fourth-order valence-electron chi connectivity index (χ4n) is 6.78. The lowest BCUT2D eigenvalue weighted by Gasteiger charge is -2.37. The number of esters is 1. The van der Waals surface area contributed by atoms with Gasteiger partial charge in [0, 0.05) is 49.4 Å². The van der Waals surface area contributed by atoms with Crippen LogP contribution in [0.25, 0.3) is 0 Å². The van der Waals surface area contributed by atoms with E-state index < -0.39 is 22.6 Å². The van der Waals surface area contributed by atoms with E-state index >= 15 is 0 Å². The molecule has 40 heavy (non-hydrogen) atoms. The molecule has 1 aromatic carbocycles. The molecule has 2 amide bonds. The second-order valence-corrected chi connectivity index (χ2v) is 12.3. The van der Waals surface area contributed by atoms with Gasteiger partial charge < -0.3 is 24.5 Å². The van der Waals surface area contributed by atoms with E-state index in [1.807, 2.05) is 24.3 Å². The average molecular weight is 570 g/mol. The van der Waals surface area contributed by atoms with Gasteiger partial charge in [0.25, 0.3) is 5.91 Å². The lowest BCUT2D eigenvalue weighted by Crippen LogP contribution is -2.55. The molecule has 0 aliphatic carbocycles. The largest absolute Gasteiger partial charge is 0.461 e. The maximum atomic E-state index is 14.6. The molecular weight excluding hydrogens is 526 g/mol. The Kier molecular flexibility index (Phi) is 10.0. The summed E-state index contributed by atoms with van der Waals surface area (Å²) in [5.41, 5.74) is 1.85. The van der Waals surface area contributed by atoms with E-state index in [0.29, 0.717) is 32.4 Å². The second kappa shape index (κ2) is 13.3. The van der Waals surface area contributed by atoms with Crippen LogP contribution < -0.4 is 9.80 Å². The quantitative estimate of drug-likeness (QED) is 0.194. The predicted octanol–water partition coefficient (Wildman–Crippen LogP) is 4.03. The first-order valence-electron chi connectivity index (χ1n) is 14.5. The number of unbranched alkanes of at least 4 members (excludes halogenated alkanes) is 2. The number of fused-ring (bicyclic) bond motifs is 1. The van der Waals surface area contributed by atoms with Crippen molar-refractivity contribution in [1.82, 2.24) is 4.90 Å². The van der Waals surface area contributed by atoms with Crippen molar-refractivity contribution in [2.75, 3.05) is 49.2 Å². The van der Waals surface area contributed by atoms with Gasteiger partial charge in [0.2, 0.25) is 5.91 Å². The molecule has 218 valence electrons. The molecule has 3 aliphatic rings.